The first-order valence-electron chi connectivity index (χ1n) is 4.64. The van der Waals surface area contributed by atoms with Gasteiger partial charge in [-0.2, -0.15) is 4.31 Å². The second-order valence-electron chi connectivity index (χ2n) is 2.90. The van der Waals surface area contributed by atoms with E-state index >= 15 is 0 Å². The van der Waals surface area contributed by atoms with Gasteiger partial charge in [-0.3, -0.25) is 0 Å². The molecule has 0 N–H and O–H groups in total. The van der Waals surface area contributed by atoms with Gasteiger partial charge in [-0.05, 0) is 12.1 Å². The third kappa shape index (κ3) is 2.68. The lowest BCUT2D eigenvalue weighted by atomic mass is 10.5. The summed E-state index contributed by atoms with van der Waals surface area (Å²) in [4.78, 5) is 3.93. The quantitative estimate of drug-likeness (QED) is 0.763. The summed E-state index contributed by atoms with van der Waals surface area (Å²) in [6, 6.07) is 2.80. The SMILES string of the molecule is CCN(CC)S(=O)(=O)c1ccnc(Cl)c1. The summed E-state index contributed by atoms with van der Waals surface area (Å²) in [6.07, 6.45) is 1.39. The molecule has 0 aromatic carbocycles. The van der Waals surface area contributed by atoms with E-state index in [9.17, 15) is 8.42 Å². The van der Waals surface area contributed by atoms with Gasteiger partial charge in [0.1, 0.15) is 5.15 Å². The van der Waals surface area contributed by atoms with Crippen molar-refractivity contribution in [2.75, 3.05) is 13.1 Å². The third-order valence-corrected chi connectivity index (χ3v) is 4.29. The largest absolute Gasteiger partial charge is 0.244 e. The molecule has 15 heavy (non-hydrogen) atoms. The van der Waals surface area contributed by atoms with Crippen LogP contribution in [0.3, 0.4) is 0 Å². The average Bonchev–Trinajstić information content (AvgIpc) is 2.19. The molecule has 0 spiro atoms. The van der Waals surface area contributed by atoms with E-state index in [-0.39, 0.29) is 10.0 Å². The zero-order chi connectivity index (χ0) is 11.5. The van der Waals surface area contributed by atoms with Crippen LogP contribution in [0.5, 0.6) is 0 Å². The highest BCUT2D eigenvalue weighted by Gasteiger charge is 2.21. The molecule has 0 fully saturated rings. The Bertz CT molecular complexity index is 429. The summed E-state index contributed by atoms with van der Waals surface area (Å²) in [6.45, 7) is 4.48. The molecule has 0 aliphatic rings. The molecule has 84 valence electrons. The van der Waals surface area contributed by atoms with E-state index in [0.29, 0.717) is 13.1 Å². The Labute approximate surface area is 94.9 Å². The van der Waals surface area contributed by atoms with Crippen molar-refractivity contribution < 1.29 is 8.42 Å². The number of hydrogen-bond donors (Lipinski definition) is 0. The number of hydrogen-bond acceptors (Lipinski definition) is 3. The minimum absolute atomic E-state index is 0.184. The van der Waals surface area contributed by atoms with Gasteiger partial charge in [-0.1, -0.05) is 25.4 Å². The molecule has 0 amide bonds. The summed E-state index contributed by atoms with van der Waals surface area (Å²) < 4.78 is 25.3. The predicted octanol–water partition coefficient (Wildman–Crippen LogP) is 1.77. The van der Waals surface area contributed by atoms with E-state index in [1.165, 1.54) is 22.6 Å². The molecule has 6 heteroatoms. The van der Waals surface area contributed by atoms with Crippen molar-refractivity contribution in [1.29, 1.82) is 0 Å². The van der Waals surface area contributed by atoms with Gasteiger partial charge in [0.15, 0.2) is 0 Å². The Hall–Kier alpha value is -0.650. The molecule has 0 saturated carbocycles. The van der Waals surface area contributed by atoms with Gasteiger partial charge in [-0.15, -0.1) is 0 Å². The van der Waals surface area contributed by atoms with Crippen LogP contribution in [-0.4, -0.2) is 30.8 Å². The number of rotatable bonds is 4. The zero-order valence-electron chi connectivity index (χ0n) is 8.64. The van der Waals surface area contributed by atoms with Crippen molar-refractivity contribution in [2.45, 2.75) is 18.7 Å². The molecule has 4 nitrogen and oxygen atoms in total. The fourth-order valence-corrected chi connectivity index (χ4v) is 2.97. The highest BCUT2D eigenvalue weighted by atomic mass is 35.5. The topological polar surface area (TPSA) is 50.3 Å². The Morgan fingerprint density at radius 2 is 2.00 bits per heavy atom. The molecule has 0 saturated heterocycles. The lowest BCUT2D eigenvalue weighted by molar-refractivity contribution is 0.445. The van der Waals surface area contributed by atoms with Crippen LogP contribution in [0, 0.1) is 0 Å². The molecule has 1 aromatic rings. The Kier molecular flexibility index (Phi) is 4.07. The maximum Gasteiger partial charge on any atom is 0.243 e. The second-order valence-corrected chi connectivity index (χ2v) is 5.23. The van der Waals surface area contributed by atoms with E-state index in [4.69, 9.17) is 11.6 Å². The molecule has 1 rings (SSSR count). The molecule has 0 unspecified atom stereocenters. The molecule has 0 radical (unpaired) electrons. The van der Waals surface area contributed by atoms with E-state index in [2.05, 4.69) is 4.98 Å². The average molecular weight is 249 g/mol. The van der Waals surface area contributed by atoms with Crippen LogP contribution in [0.2, 0.25) is 5.15 Å². The number of halogens is 1. The van der Waals surface area contributed by atoms with E-state index < -0.39 is 10.0 Å². The zero-order valence-corrected chi connectivity index (χ0v) is 10.2. The number of aromatic nitrogens is 1. The number of nitrogens with zero attached hydrogens (tertiary/aromatic N) is 2. The van der Waals surface area contributed by atoms with Gasteiger partial charge >= 0.3 is 0 Å². The van der Waals surface area contributed by atoms with Crippen molar-refractivity contribution >= 4 is 21.6 Å². The monoisotopic (exact) mass is 248 g/mol. The van der Waals surface area contributed by atoms with Gasteiger partial charge in [0, 0.05) is 19.3 Å². The highest BCUT2D eigenvalue weighted by Crippen LogP contribution is 2.17. The molecular formula is C9H13ClN2O2S. The Morgan fingerprint density at radius 3 is 2.47 bits per heavy atom. The Balaban J connectivity index is 3.16. The minimum atomic E-state index is -3.41. The van der Waals surface area contributed by atoms with Crippen molar-refractivity contribution in [3.8, 4) is 0 Å². The summed E-state index contributed by atoms with van der Waals surface area (Å²) in [5.41, 5.74) is 0. The Morgan fingerprint density at radius 1 is 1.40 bits per heavy atom. The van der Waals surface area contributed by atoms with Crippen LogP contribution in [0.15, 0.2) is 23.2 Å². The van der Waals surface area contributed by atoms with Crippen molar-refractivity contribution in [3.05, 3.63) is 23.5 Å². The normalized spacial score (nSPS) is 12.0. The first kappa shape index (κ1) is 12.4. The van der Waals surface area contributed by atoms with Gasteiger partial charge < -0.3 is 0 Å². The van der Waals surface area contributed by atoms with E-state index in [1.807, 2.05) is 0 Å². The van der Waals surface area contributed by atoms with Gasteiger partial charge in [0.05, 0.1) is 4.90 Å². The van der Waals surface area contributed by atoms with Crippen molar-refractivity contribution in [3.63, 3.8) is 0 Å². The van der Waals surface area contributed by atoms with Crippen LogP contribution in [0.1, 0.15) is 13.8 Å². The first-order chi connectivity index (χ1) is 7.02. The van der Waals surface area contributed by atoms with E-state index in [0.717, 1.165) is 0 Å². The summed E-state index contributed by atoms with van der Waals surface area (Å²) in [5.74, 6) is 0. The van der Waals surface area contributed by atoms with E-state index in [1.54, 1.807) is 13.8 Å². The number of sulfonamides is 1. The molecule has 1 heterocycles. The fraction of sp³-hybridized carbons (Fsp3) is 0.444. The van der Waals surface area contributed by atoms with Crippen LogP contribution >= 0.6 is 11.6 Å². The van der Waals surface area contributed by atoms with Gasteiger partial charge in [0.25, 0.3) is 0 Å². The van der Waals surface area contributed by atoms with Gasteiger partial charge in [0.2, 0.25) is 10.0 Å². The maximum atomic E-state index is 12.0. The van der Waals surface area contributed by atoms with Crippen LogP contribution in [0.4, 0.5) is 0 Å². The first-order valence-corrected chi connectivity index (χ1v) is 6.45. The fourth-order valence-electron chi connectivity index (χ4n) is 1.26. The smallest absolute Gasteiger partial charge is 0.243 e. The van der Waals surface area contributed by atoms with Crippen molar-refractivity contribution in [1.82, 2.24) is 9.29 Å². The predicted molar refractivity (Wildman–Crippen MR) is 59.4 cm³/mol. The lowest BCUT2D eigenvalue weighted by Gasteiger charge is -2.18. The second kappa shape index (κ2) is 4.92. The molecule has 0 aliphatic carbocycles. The molecule has 0 atom stereocenters. The summed E-state index contributed by atoms with van der Waals surface area (Å²) in [5, 5.41) is 0.184. The molecule has 0 bridgehead atoms. The van der Waals surface area contributed by atoms with Crippen molar-refractivity contribution in [2.24, 2.45) is 0 Å². The maximum absolute atomic E-state index is 12.0. The molecule has 1 aromatic heterocycles. The van der Waals surface area contributed by atoms with Crippen LogP contribution in [0.25, 0.3) is 0 Å². The van der Waals surface area contributed by atoms with Crippen LogP contribution < -0.4 is 0 Å². The third-order valence-electron chi connectivity index (χ3n) is 2.04. The lowest BCUT2D eigenvalue weighted by Crippen LogP contribution is -2.30. The van der Waals surface area contributed by atoms with Gasteiger partial charge in [-0.25, -0.2) is 13.4 Å². The summed E-state index contributed by atoms with van der Waals surface area (Å²) >= 11 is 5.65. The number of pyridine rings is 1. The molecular weight excluding hydrogens is 236 g/mol. The summed E-state index contributed by atoms with van der Waals surface area (Å²) in [7, 11) is -3.41. The molecule has 0 aliphatic heterocycles. The van der Waals surface area contributed by atoms with Crippen LogP contribution in [-0.2, 0) is 10.0 Å². The highest BCUT2D eigenvalue weighted by molar-refractivity contribution is 7.89. The standard InChI is InChI=1S/C9H13ClN2O2S/c1-3-12(4-2)15(13,14)8-5-6-11-9(10)7-8/h5-7H,3-4H2,1-2H3. The minimum Gasteiger partial charge on any atom is -0.244 e.